The van der Waals surface area contributed by atoms with E-state index in [0.29, 0.717) is 6.04 Å². The van der Waals surface area contributed by atoms with Crippen molar-refractivity contribution in [1.82, 2.24) is 5.32 Å². The zero-order valence-corrected chi connectivity index (χ0v) is 9.82. The normalized spacial score (nSPS) is 16.6. The van der Waals surface area contributed by atoms with Crippen LogP contribution in [0.2, 0.25) is 0 Å². The Morgan fingerprint density at radius 3 is 3.00 bits per heavy atom. The van der Waals surface area contributed by atoms with Crippen LogP contribution < -0.4 is 5.32 Å². The first kappa shape index (κ1) is 10.2. The highest BCUT2D eigenvalue weighted by atomic mass is 32.1. The van der Waals surface area contributed by atoms with Crippen molar-refractivity contribution in [1.29, 1.82) is 0 Å². The van der Waals surface area contributed by atoms with Crippen LogP contribution in [0.5, 0.6) is 0 Å². The van der Waals surface area contributed by atoms with Gasteiger partial charge in [0.2, 0.25) is 0 Å². The first-order valence-electron chi connectivity index (χ1n) is 5.72. The van der Waals surface area contributed by atoms with E-state index >= 15 is 0 Å². The van der Waals surface area contributed by atoms with Gasteiger partial charge in [-0.3, -0.25) is 0 Å². The molecule has 1 heterocycles. The third kappa shape index (κ3) is 1.74. The molecule has 3 rings (SSSR count). The van der Waals surface area contributed by atoms with Crippen LogP contribution in [0.3, 0.4) is 0 Å². The van der Waals surface area contributed by atoms with E-state index in [9.17, 15) is 4.39 Å². The van der Waals surface area contributed by atoms with Crippen molar-refractivity contribution in [2.75, 3.05) is 0 Å². The summed E-state index contributed by atoms with van der Waals surface area (Å²) in [4.78, 5) is 0. The van der Waals surface area contributed by atoms with Crippen LogP contribution in [0, 0.1) is 5.82 Å². The van der Waals surface area contributed by atoms with E-state index in [1.807, 2.05) is 6.07 Å². The van der Waals surface area contributed by atoms with E-state index in [1.54, 1.807) is 23.5 Å². The minimum absolute atomic E-state index is 0.0934. The number of halogens is 1. The van der Waals surface area contributed by atoms with E-state index in [1.165, 1.54) is 19.3 Å². The van der Waals surface area contributed by atoms with Gasteiger partial charge in [-0.25, -0.2) is 4.39 Å². The van der Waals surface area contributed by atoms with Crippen LogP contribution in [-0.2, 0) is 6.54 Å². The summed E-state index contributed by atoms with van der Waals surface area (Å²) in [6.45, 7) is 0.797. The maximum atomic E-state index is 13.7. The van der Waals surface area contributed by atoms with E-state index in [0.717, 1.165) is 22.2 Å². The smallest absolute Gasteiger partial charge is 0.132 e. The molecule has 0 aliphatic heterocycles. The van der Waals surface area contributed by atoms with Gasteiger partial charge in [-0.2, -0.15) is 0 Å². The topological polar surface area (TPSA) is 12.0 Å². The molecule has 1 aromatic heterocycles. The Hall–Kier alpha value is -0.930. The van der Waals surface area contributed by atoms with Crippen LogP contribution in [0.15, 0.2) is 23.6 Å². The molecule has 1 nitrogen and oxygen atoms in total. The third-order valence-electron chi connectivity index (χ3n) is 3.31. The van der Waals surface area contributed by atoms with Gasteiger partial charge in [0.25, 0.3) is 0 Å². The van der Waals surface area contributed by atoms with Gasteiger partial charge in [0.1, 0.15) is 5.82 Å². The highest BCUT2D eigenvalue weighted by molar-refractivity contribution is 7.17. The maximum Gasteiger partial charge on any atom is 0.132 e. The molecule has 0 atom stereocenters. The van der Waals surface area contributed by atoms with E-state index in [-0.39, 0.29) is 5.82 Å². The lowest BCUT2D eigenvalue weighted by Gasteiger charge is -2.26. The average molecular weight is 235 g/mol. The Bertz CT molecular complexity index is 502. The minimum Gasteiger partial charge on any atom is -0.310 e. The molecule has 0 radical (unpaired) electrons. The molecule has 1 aromatic carbocycles. The van der Waals surface area contributed by atoms with Gasteiger partial charge in [-0.1, -0.05) is 12.5 Å². The Balaban J connectivity index is 1.85. The standard InChI is InChI=1S/C13H14FNS/c14-11-5-2-6-12-13(11)9(8-16-12)7-15-10-3-1-4-10/h2,5-6,8,10,15H,1,3-4,7H2. The Labute approximate surface area is 98.3 Å². The quantitative estimate of drug-likeness (QED) is 0.855. The molecule has 0 saturated heterocycles. The molecular formula is C13H14FNS. The average Bonchev–Trinajstić information content (AvgIpc) is 2.61. The molecule has 1 saturated carbocycles. The molecule has 0 unspecified atom stereocenters. The van der Waals surface area contributed by atoms with Crippen LogP contribution in [0.1, 0.15) is 24.8 Å². The van der Waals surface area contributed by atoms with Crippen molar-refractivity contribution in [2.45, 2.75) is 31.8 Å². The van der Waals surface area contributed by atoms with Crippen molar-refractivity contribution in [3.8, 4) is 0 Å². The first-order chi connectivity index (χ1) is 7.84. The van der Waals surface area contributed by atoms with Crippen molar-refractivity contribution in [2.24, 2.45) is 0 Å². The number of fused-ring (bicyclic) bond motifs is 1. The molecule has 1 aliphatic carbocycles. The van der Waals surface area contributed by atoms with Gasteiger partial charge >= 0.3 is 0 Å². The molecule has 2 aromatic rings. The minimum atomic E-state index is -0.0934. The molecule has 1 aliphatic rings. The molecule has 1 fully saturated rings. The summed E-state index contributed by atoms with van der Waals surface area (Å²) in [5, 5.41) is 6.35. The molecule has 0 spiro atoms. The number of thiophene rings is 1. The largest absolute Gasteiger partial charge is 0.310 e. The lowest BCUT2D eigenvalue weighted by molar-refractivity contribution is 0.338. The summed E-state index contributed by atoms with van der Waals surface area (Å²) in [6.07, 6.45) is 3.87. The molecule has 16 heavy (non-hydrogen) atoms. The van der Waals surface area contributed by atoms with Crippen molar-refractivity contribution < 1.29 is 4.39 Å². The predicted molar refractivity (Wildman–Crippen MR) is 66.3 cm³/mol. The summed E-state index contributed by atoms with van der Waals surface area (Å²) >= 11 is 1.63. The molecular weight excluding hydrogens is 221 g/mol. The predicted octanol–water partition coefficient (Wildman–Crippen LogP) is 3.68. The second kappa shape index (κ2) is 4.15. The SMILES string of the molecule is Fc1cccc2scc(CNC3CCC3)c12. The second-order valence-electron chi connectivity index (χ2n) is 4.38. The zero-order chi connectivity index (χ0) is 11.0. The van der Waals surface area contributed by atoms with E-state index in [2.05, 4.69) is 10.7 Å². The van der Waals surface area contributed by atoms with Gasteiger partial charge in [-0.05, 0) is 35.9 Å². The lowest BCUT2D eigenvalue weighted by Crippen LogP contribution is -2.34. The van der Waals surface area contributed by atoms with Crippen molar-refractivity contribution in [3.05, 3.63) is 35.0 Å². The fourth-order valence-electron chi connectivity index (χ4n) is 2.10. The number of hydrogen-bond acceptors (Lipinski definition) is 2. The summed E-state index contributed by atoms with van der Waals surface area (Å²) in [7, 11) is 0. The van der Waals surface area contributed by atoms with Gasteiger partial charge < -0.3 is 5.32 Å². The fourth-order valence-corrected chi connectivity index (χ4v) is 3.08. The highest BCUT2D eigenvalue weighted by Crippen LogP contribution is 2.28. The van der Waals surface area contributed by atoms with E-state index in [4.69, 9.17) is 0 Å². The summed E-state index contributed by atoms with van der Waals surface area (Å²) < 4.78 is 14.7. The fraction of sp³-hybridized carbons (Fsp3) is 0.385. The van der Waals surface area contributed by atoms with Crippen LogP contribution in [0.25, 0.3) is 10.1 Å². The number of benzene rings is 1. The molecule has 0 bridgehead atoms. The van der Waals surface area contributed by atoms with Crippen molar-refractivity contribution >= 4 is 21.4 Å². The molecule has 3 heteroatoms. The third-order valence-corrected chi connectivity index (χ3v) is 4.31. The highest BCUT2D eigenvalue weighted by Gasteiger charge is 2.17. The zero-order valence-electron chi connectivity index (χ0n) is 9.00. The molecule has 84 valence electrons. The monoisotopic (exact) mass is 235 g/mol. The summed E-state index contributed by atoms with van der Waals surface area (Å²) in [6, 6.07) is 5.96. The second-order valence-corrected chi connectivity index (χ2v) is 5.29. The lowest BCUT2D eigenvalue weighted by atomic mass is 9.93. The van der Waals surface area contributed by atoms with Crippen LogP contribution >= 0.6 is 11.3 Å². The van der Waals surface area contributed by atoms with Gasteiger partial charge in [-0.15, -0.1) is 11.3 Å². The first-order valence-corrected chi connectivity index (χ1v) is 6.60. The van der Waals surface area contributed by atoms with Crippen LogP contribution in [0.4, 0.5) is 4.39 Å². The number of hydrogen-bond donors (Lipinski definition) is 1. The van der Waals surface area contributed by atoms with Gasteiger partial charge in [0.15, 0.2) is 0 Å². The Morgan fingerprint density at radius 2 is 2.25 bits per heavy atom. The van der Waals surface area contributed by atoms with Crippen molar-refractivity contribution in [3.63, 3.8) is 0 Å². The van der Waals surface area contributed by atoms with Crippen LogP contribution in [-0.4, -0.2) is 6.04 Å². The molecule has 0 amide bonds. The Morgan fingerprint density at radius 1 is 1.38 bits per heavy atom. The summed E-state index contributed by atoms with van der Waals surface area (Å²) in [5.41, 5.74) is 1.10. The number of rotatable bonds is 3. The summed E-state index contributed by atoms with van der Waals surface area (Å²) in [5.74, 6) is -0.0934. The molecule has 1 N–H and O–H groups in total. The van der Waals surface area contributed by atoms with E-state index < -0.39 is 0 Å². The maximum absolute atomic E-state index is 13.7. The number of nitrogens with one attached hydrogen (secondary N) is 1. The Kier molecular flexibility index (Phi) is 2.65. The van der Waals surface area contributed by atoms with Gasteiger partial charge in [0.05, 0.1) is 0 Å². The van der Waals surface area contributed by atoms with Gasteiger partial charge in [0, 0.05) is 22.7 Å².